The van der Waals surface area contributed by atoms with Gasteiger partial charge in [-0.25, -0.2) is 4.39 Å². The lowest BCUT2D eigenvalue weighted by molar-refractivity contribution is -0.140. The van der Waals surface area contributed by atoms with Crippen LogP contribution in [0.15, 0.2) is 24.3 Å². The summed E-state index contributed by atoms with van der Waals surface area (Å²) < 4.78 is 13.2. The van der Waals surface area contributed by atoms with Crippen LogP contribution in [0.4, 0.5) is 4.39 Å². The highest BCUT2D eigenvalue weighted by molar-refractivity contribution is 7.99. The Labute approximate surface area is 140 Å². The van der Waals surface area contributed by atoms with Gasteiger partial charge >= 0.3 is 5.97 Å². The molecule has 2 atom stereocenters. The van der Waals surface area contributed by atoms with Crippen LogP contribution in [0.3, 0.4) is 0 Å². The summed E-state index contributed by atoms with van der Waals surface area (Å²) in [6.07, 6.45) is 0.990. The van der Waals surface area contributed by atoms with Crippen LogP contribution in [0.1, 0.15) is 25.3 Å². The molecule has 2 rings (SSSR count). The summed E-state index contributed by atoms with van der Waals surface area (Å²) in [5, 5.41) is 8.99. The number of benzene rings is 1. The van der Waals surface area contributed by atoms with Crippen molar-refractivity contribution < 1.29 is 19.1 Å². The van der Waals surface area contributed by atoms with E-state index in [9.17, 15) is 14.0 Å². The lowest BCUT2D eigenvalue weighted by Crippen LogP contribution is -2.47. The predicted molar refractivity (Wildman–Crippen MR) is 89.0 cm³/mol. The third-order valence-electron chi connectivity index (χ3n) is 3.95. The van der Waals surface area contributed by atoms with Crippen molar-refractivity contribution in [1.29, 1.82) is 0 Å². The molecule has 1 N–H and O–H groups in total. The Balaban J connectivity index is 1.92. The number of carbonyl (C=O) groups excluding carboxylic acids is 1. The summed E-state index contributed by atoms with van der Waals surface area (Å²) >= 11 is 1.69. The molecule has 0 bridgehead atoms. The summed E-state index contributed by atoms with van der Waals surface area (Å²) in [7, 11) is 0. The van der Waals surface area contributed by atoms with Gasteiger partial charge in [0.25, 0.3) is 0 Å². The Hall–Kier alpha value is -1.56. The minimum absolute atomic E-state index is 0.000420. The van der Waals surface area contributed by atoms with Crippen molar-refractivity contribution in [3.63, 3.8) is 0 Å². The summed E-state index contributed by atoms with van der Waals surface area (Å²) in [5.41, 5.74) is 0.876. The molecular formula is C17H22FNO3S. The number of hydrogen-bond acceptors (Lipinski definition) is 3. The third kappa shape index (κ3) is 5.53. The highest BCUT2D eigenvalue weighted by atomic mass is 32.2. The number of nitrogens with zero attached hydrogens (tertiary/aromatic N) is 1. The summed E-state index contributed by atoms with van der Waals surface area (Å²) in [5.74, 6) is 0.472. The third-order valence-corrected chi connectivity index (χ3v) is 5.05. The molecule has 1 saturated heterocycles. The summed E-state index contributed by atoms with van der Waals surface area (Å²) in [6.45, 7) is 2.57. The maximum atomic E-state index is 13.2. The van der Waals surface area contributed by atoms with E-state index < -0.39 is 5.97 Å². The molecule has 1 aliphatic heterocycles. The minimum Gasteiger partial charge on any atom is -0.481 e. The van der Waals surface area contributed by atoms with Crippen LogP contribution in [0, 0.1) is 11.7 Å². The molecule has 2 unspecified atom stereocenters. The van der Waals surface area contributed by atoms with Crippen molar-refractivity contribution in [2.45, 2.75) is 32.2 Å². The molecule has 0 aromatic heterocycles. The zero-order valence-electron chi connectivity index (χ0n) is 13.2. The number of carboxylic acid groups (broad SMARTS) is 1. The van der Waals surface area contributed by atoms with Crippen LogP contribution in [0.25, 0.3) is 0 Å². The minimum atomic E-state index is -0.872. The first kappa shape index (κ1) is 17.8. The summed E-state index contributed by atoms with van der Waals surface area (Å²) in [6, 6.07) is 6.20. The number of hydrogen-bond donors (Lipinski definition) is 1. The van der Waals surface area contributed by atoms with E-state index in [1.165, 1.54) is 12.1 Å². The highest BCUT2D eigenvalue weighted by Gasteiger charge is 2.29. The standard InChI is InChI=1S/C17H22FNO3S/c1-12(7-13-3-2-4-14(18)9-13)8-16(20)19-5-6-23-11-15(19)10-17(21)22/h2-4,9,12,15H,5-8,10-11H2,1H3,(H,21,22). The van der Waals surface area contributed by atoms with Gasteiger partial charge in [0.1, 0.15) is 5.82 Å². The lowest BCUT2D eigenvalue weighted by Gasteiger charge is -2.35. The van der Waals surface area contributed by atoms with E-state index in [1.807, 2.05) is 13.0 Å². The van der Waals surface area contributed by atoms with E-state index >= 15 is 0 Å². The fourth-order valence-corrected chi connectivity index (χ4v) is 3.97. The van der Waals surface area contributed by atoms with E-state index in [0.29, 0.717) is 25.1 Å². The molecular weight excluding hydrogens is 317 g/mol. The Bertz CT molecular complexity index is 567. The average Bonchev–Trinajstić information content (AvgIpc) is 2.46. The molecule has 23 heavy (non-hydrogen) atoms. The fourth-order valence-electron chi connectivity index (χ4n) is 2.91. The van der Waals surface area contributed by atoms with Gasteiger partial charge < -0.3 is 10.0 Å². The summed E-state index contributed by atoms with van der Waals surface area (Å²) in [4.78, 5) is 25.2. The first-order chi connectivity index (χ1) is 11.0. The Morgan fingerprint density at radius 3 is 2.96 bits per heavy atom. The topological polar surface area (TPSA) is 57.6 Å². The van der Waals surface area contributed by atoms with Crippen LogP contribution in [0.2, 0.25) is 0 Å². The molecule has 0 aliphatic carbocycles. The highest BCUT2D eigenvalue weighted by Crippen LogP contribution is 2.22. The van der Waals surface area contributed by atoms with E-state index in [4.69, 9.17) is 5.11 Å². The largest absolute Gasteiger partial charge is 0.481 e. The monoisotopic (exact) mass is 339 g/mol. The van der Waals surface area contributed by atoms with Crippen molar-refractivity contribution in [2.24, 2.45) is 5.92 Å². The van der Waals surface area contributed by atoms with Crippen LogP contribution in [-0.4, -0.2) is 46.0 Å². The number of thioether (sulfide) groups is 1. The Kier molecular flexibility index (Phi) is 6.45. The van der Waals surface area contributed by atoms with Gasteiger partial charge in [0, 0.05) is 24.5 Å². The van der Waals surface area contributed by atoms with Crippen molar-refractivity contribution in [3.8, 4) is 0 Å². The number of amides is 1. The van der Waals surface area contributed by atoms with Crippen molar-refractivity contribution >= 4 is 23.6 Å². The normalized spacial score (nSPS) is 19.4. The first-order valence-electron chi connectivity index (χ1n) is 7.79. The quantitative estimate of drug-likeness (QED) is 0.866. The fraction of sp³-hybridized carbons (Fsp3) is 0.529. The second-order valence-corrected chi connectivity index (χ2v) is 7.21. The molecule has 0 saturated carbocycles. The average molecular weight is 339 g/mol. The van der Waals surface area contributed by atoms with E-state index in [-0.39, 0.29) is 30.1 Å². The van der Waals surface area contributed by atoms with E-state index in [1.54, 1.807) is 22.7 Å². The molecule has 1 amide bonds. The van der Waals surface area contributed by atoms with Crippen LogP contribution < -0.4 is 0 Å². The molecule has 1 aromatic rings. The zero-order valence-corrected chi connectivity index (χ0v) is 14.0. The molecule has 126 valence electrons. The zero-order chi connectivity index (χ0) is 16.8. The molecule has 0 spiro atoms. The number of carboxylic acids is 1. The van der Waals surface area contributed by atoms with Gasteiger partial charge in [-0.2, -0.15) is 11.8 Å². The molecule has 4 nitrogen and oxygen atoms in total. The van der Waals surface area contributed by atoms with Crippen molar-refractivity contribution in [3.05, 3.63) is 35.6 Å². The van der Waals surface area contributed by atoms with Gasteiger partial charge in [0.15, 0.2) is 0 Å². The van der Waals surface area contributed by atoms with Gasteiger partial charge in [-0.05, 0) is 30.0 Å². The van der Waals surface area contributed by atoms with Crippen LogP contribution in [0.5, 0.6) is 0 Å². The molecule has 6 heteroatoms. The van der Waals surface area contributed by atoms with Crippen molar-refractivity contribution in [1.82, 2.24) is 4.90 Å². The lowest BCUT2D eigenvalue weighted by atomic mass is 9.97. The predicted octanol–water partition coefficient (Wildman–Crippen LogP) is 2.81. The molecule has 1 aliphatic rings. The Morgan fingerprint density at radius 2 is 2.26 bits per heavy atom. The van der Waals surface area contributed by atoms with E-state index in [0.717, 1.165) is 11.3 Å². The second kappa shape index (κ2) is 8.34. The van der Waals surface area contributed by atoms with Gasteiger partial charge in [-0.3, -0.25) is 9.59 Å². The maximum absolute atomic E-state index is 13.2. The van der Waals surface area contributed by atoms with E-state index in [2.05, 4.69) is 0 Å². The van der Waals surface area contributed by atoms with Crippen LogP contribution >= 0.6 is 11.8 Å². The number of aliphatic carboxylic acids is 1. The Morgan fingerprint density at radius 1 is 1.48 bits per heavy atom. The number of halogens is 1. The second-order valence-electron chi connectivity index (χ2n) is 6.06. The first-order valence-corrected chi connectivity index (χ1v) is 8.94. The SMILES string of the molecule is CC(CC(=O)N1CCSCC1CC(=O)O)Cc1cccc(F)c1. The van der Waals surface area contributed by atoms with Gasteiger partial charge in [-0.15, -0.1) is 0 Å². The van der Waals surface area contributed by atoms with Gasteiger partial charge in [0.05, 0.1) is 12.5 Å². The number of rotatable bonds is 6. The molecule has 1 heterocycles. The number of carbonyl (C=O) groups is 2. The molecule has 0 radical (unpaired) electrons. The van der Waals surface area contributed by atoms with Crippen molar-refractivity contribution in [2.75, 3.05) is 18.1 Å². The maximum Gasteiger partial charge on any atom is 0.305 e. The molecule has 1 fully saturated rings. The smallest absolute Gasteiger partial charge is 0.305 e. The molecule has 1 aromatic carbocycles. The van der Waals surface area contributed by atoms with Gasteiger partial charge in [-0.1, -0.05) is 19.1 Å². The van der Waals surface area contributed by atoms with Gasteiger partial charge in [0.2, 0.25) is 5.91 Å². The van der Waals surface area contributed by atoms with Crippen LogP contribution in [-0.2, 0) is 16.0 Å².